The van der Waals surface area contributed by atoms with Crippen LogP contribution in [-0.2, 0) is 18.4 Å². The van der Waals surface area contributed by atoms with Gasteiger partial charge in [0.15, 0.2) is 5.96 Å². The van der Waals surface area contributed by atoms with E-state index in [-0.39, 0.29) is 29.4 Å². The Morgan fingerprint density at radius 1 is 1.33 bits per heavy atom. The number of nitrogens with one attached hydrogen (secondary N) is 2. The van der Waals surface area contributed by atoms with Crippen molar-refractivity contribution in [1.82, 2.24) is 25.4 Å². The fourth-order valence-electron chi connectivity index (χ4n) is 3.44. The zero-order valence-electron chi connectivity index (χ0n) is 18.7. The Kier molecular flexibility index (Phi) is 8.93. The Labute approximate surface area is 197 Å². The maximum absolute atomic E-state index is 5.92. The lowest BCUT2D eigenvalue weighted by Crippen LogP contribution is -2.47. The van der Waals surface area contributed by atoms with Crippen LogP contribution < -0.4 is 15.4 Å². The number of aliphatic imine (C=N–C) groups is 1. The van der Waals surface area contributed by atoms with Gasteiger partial charge in [0.2, 0.25) is 0 Å². The van der Waals surface area contributed by atoms with Crippen LogP contribution in [0.15, 0.2) is 29.3 Å². The molecule has 2 N–H and O–H groups in total. The first kappa shape index (κ1) is 24.4. The van der Waals surface area contributed by atoms with Crippen molar-refractivity contribution >= 4 is 29.9 Å². The average molecular weight is 526 g/mol. The number of benzene rings is 1. The molecule has 1 aliphatic rings. The fraction of sp³-hybridized carbons (Fsp3) is 0.591. The molecule has 3 rings (SSSR count). The summed E-state index contributed by atoms with van der Waals surface area (Å²) in [6.45, 7) is 13.4. The molecule has 0 bridgehead atoms. The molecule has 0 saturated heterocycles. The first-order valence-electron chi connectivity index (χ1n) is 10.5. The number of halogens is 1. The summed E-state index contributed by atoms with van der Waals surface area (Å²) in [7, 11) is 0. The van der Waals surface area contributed by atoms with Crippen molar-refractivity contribution < 1.29 is 4.74 Å². The number of ether oxygens (including phenoxy) is 1. The Morgan fingerprint density at radius 2 is 2.13 bits per heavy atom. The molecule has 1 aliphatic heterocycles. The van der Waals surface area contributed by atoms with E-state index in [2.05, 4.69) is 65.5 Å². The van der Waals surface area contributed by atoms with Crippen LogP contribution in [-0.4, -0.2) is 46.5 Å². The molecule has 166 valence electrons. The lowest BCUT2D eigenvalue weighted by Gasteiger charge is -2.25. The van der Waals surface area contributed by atoms with E-state index in [1.165, 1.54) is 5.56 Å². The number of guanidine groups is 1. The molecular formula is C22H35IN6O. The zero-order chi connectivity index (χ0) is 20.9. The summed E-state index contributed by atoms with van der Waals surface area (Å²) in [5.41, 5.74) is 1.39. The highest BCUT2D eigenvalue weighted by atomic mass is 127. The fourth-order valence-corrected chi connectivity index (χ4v) is 3.44. The van der Waals surface area contributed by atoms with Gasteiger partial charge in [-0.1, -0.05) is 32.9 Å². The smallest absolute Gasteiger partial charge is 0.191 e. The molecule has 2 aromatic rings. The molecule has 1 aromatic heterocycles. The molecule has 8 heteroatoms. The van der Waals surface area contributed by atoms with E-state index in [1.54, 1.807) is 0 Å². The Hall–Kier alpha value is -1.84. The van der Waals surface area contributed by atoms with Crippen LogP contribution in [0.5, 0.6) is 5.75 Å². The number of fused-ring (bicyclic) bond motifs is 1. The standard InChI is InChI=1S/C22H34N6O.HI/c1-6-23-21(26-18-10-11-20-25-16(2)27-28(20)15-18)24-12-13-29-19-9-7-8-17(14-19)22(3,4)5;/h7-9,14,18H,6,10-13,15H2,1-5H3,(H2,23,24,26);1H. The Bertz CT molecular complexity index is 842. The molecule has 7 nitrogen and oxygen atoms in total. The van der Waals surface area contributed by atoms with Crippen molar-refractivity contribution in [3.63, 3.8) is 0 Å². The molecule has 1 atom stereocenters. The molecule has 0 amide bonds. The average Bonchev–Trinajstić information content (AvgIpc) is 3.04. The van der Waals surface area contributed by atoms with Gasteiger partial charge in [0.05, 0.1) is 13.1 Å². The van der Waals surface area contributed by atoms with E-state index in [4.69, 9.17) is 4.74 Å². The van der Waals surface area contributed by atoms with Crippen LogP contribution in [0.1, 0.15) is 51.3 Å². The SMILES string of the molecule is CCNC(=NCCOc1cccc(C(C)(C)C)c1)NC1CCc2nc(C)nn2C1.I. The summed E-state index contributed by atoms with van der Waals surface area (Å²) in [4.78, 5) is 9.15. The summed E-state index contributed by atoms with van der Waals surface area (Å²) < 4.78 is 7.93. The molecule has 2 heterocycles. The van der Waals surface area contributed by atoms with Crippen LogP contribution in [0.4, 0.5) is 0 Å². The minimum atomic E-state index is 0. The third-order valence-electron chi connectivity index (χ3n) is 4.98. The lowest BCUT2D eigenvalue weighted by atomic mass is 9.87. The first-order chi connectivity index (χ1) is 13.8. The molecule has 0 saturated carbocycles. The summed E-state index contributed by atoms with van der Waals surface area (Å²) in [5.74, 6) is 3.64. The molecule has 0 radical (unpaired) electrons. The first-order valence-corrected chi connectivity index (χ1v) is 10.5. The number of rotatable bonds is 6. The maximum Gasteiger partial charge on any atom is 0.191 e. The minimum absolute atomic E-state index is 0. The van der Waals surface area contributed by atoms with Gasteiger partial charge in [-0.05, 0) is 43.4 Å². The van der Waals surface area contributed by atoms with Crippen molar-refractivity contribution in [2.24, 2.45) is 4.99 Å². The van der Waals surface area contributed by atoms with Gasteiger partial charge in [0.25, 0.3) is 0 Å². The highest BCUT2D eigenvalue weighted by Gasteiger charge is 2.21. The van der Waals surface area contributed by atoms with E-state index in [9.17, 15) is 0 Å². The van der Waals surface area contributed by atoms with Gasteiger partial charge >= 0.3 is 0 Å². The van der Waals surface area contributed by atoms with Crippen molar-refractivity contribution in [2.75, 3.05) is 19.7 Å². The lowest BCUT2D eigenvalue weighted by molar-refractivity contribution is 0.327. The van der Waals surface area contributed by atoms with Gasteiger partial charge in [-0.3, -0.25) is 0 Å². The summed E-state index contributed by atoms with van der Waals surface area (Å²) in [5, 5.41) is 11.3. The van der Waals surface area contributed by atoms with Crippen LogP contribution in [0.25, 0.3) is 0 Å². The third-order valence-corrected chi connectivity index (χ3v) is 4.98. The number of aromatic nitrogens is 3. The molecule has 1 unspecified atom stereocenters. The summed E-state index contributed by atoms with van der Waals surface area (Å²) in [6.07, 6.45) is 1.96. The maximum atomic E-state index is 5.92. The van der Waals surface area contributed by atoms with Crippen molar-refractivity contribution in [3.8, 4) is 5.75 Å². The monoisotopic (exact) mass is 526 g/mol. The van der Waals surface area contributed by atoms with E-state index in [0.717, 1.165) is 49.3 Å². The predicted octanol–water partition coefficient (Wildman–Crippen LogP) is 3.45. The van der Waals surface area contributed by atoms with Gasteiger partial charge in [-0.2, -0.15) is 5.10 Å². The molecule has 0 fully saturated rings. The largest absolute Gasteiger partial charge is 0.492 e. The zero-order valence-corrected chi connectivity index (χ0v) is 21.1. The van der Waals surface area contributed by atoms with Crippen LogP contribution in [0.2, 0.25) is 0 Å². The minimum Gasteiger partial charge on any atom is -0.492 e. The van der Waals surface area contributed by atoms with Gasteiger partial charge in [0.1, 0.15) is 24.0 Å². The van der Waals surface area contributed by atoms with Gasteiger partial charge < -0.3 is 15.4 Å². The normalized spacial score (nSPS) is 16.4. The molecule has 30 heavy (non-hydrogen) atoms. The van der Waals surface area contributed by atoms with E-state index in [1.807, 2.05) is 23.7 Å². The van der Waals surface area contributed by atoms with E-state index < -0.39 is 0 Å². The Morgan fingerprint density at radius 3 is 2.87 bits per heavy atom. The van der Waals surface area contributed by atoms with Crippen LogP contribution in [0.3, 0.4) is 0 Å². The predicted molar refractivity (Wildman–Crippen MR) is 132 cm³/mol. The number of hydrogen-bond acceptors (Lipinski definition) is 4. The van der Waals surface area contributed by atoms with Gasteiger partial charge in [-0.25, -0.2) is 14.7 Å². The molecule has 0 aliphatic carbocycles. The second kappa shape index (κ2) is 11.0. The molecule has 0 spiro atoms. The number of hydrogen-bond donors (Lipinski definition) is 2. The second-order valence-electron chi connectivity index (χ2n) is 8.52. The quantitative estimate of drug-likeness (QED) is 0.261. The number of nitrogens with zero attached hydrogens (tertiary/aromatic N) is 4. The summed E-state index contributed by atoms with van der Waals surface area (Å²) in [6, 6.07) is 8.61. The third kappa shape index (κ3) is 6.85. The van der Waals surface area contributed by atoms with Gasteiger partial charge in [-0.15, -0.1) is 24.0 Å². The van der Waals surface area contributed by atoms with Crippen molar-refractivity contribution in [2.45, 2.75) is 65.5 Å². The van der Waals surface area contributed by atoms with Crippen LogP contribution >= 0.6 is 24.0 Å². The molecule has 1 aromatic carbocycles. The van der Waals surface area contributed by atoms with Gasteiger partial charge in [0, 0.05) is 19.0 Å². The van der Waals surface area contributed by atoms with Crippen LogP contribution in [0, 0.1) is 6.92 Å². The highest BCUT2D eigenvalue weighted by molar-refractivity contribution is 14.0. The van der Waals surface area contributed by atoms with Crippen molar-refractivity contribution in [3.05, 3.63) is 41.5 Å². The van der Waals surface area contributed by atoms with Crippen molar-refractivity contribution in [1.29, 1.82) is 0 Å². The topological polar surface area (TPSA) is 76.4 Å². The summed E-state index contributed by atoms with van der Waals surface area (Å²) >= 11 is 0. The van der Waals surface area contributed by atoms with E-state index >= 15 is 0 Å². The molecular weight excluding hydrogens is 491 g/mol. The highest BCUT2D eigenvalue weighted by Crippen LogP contribution is 2.25. The van der Waals surface area contributed by atoms with E-state index in [0.29, 0.717) is 19.2 Å². The Balaban J connectivity index is 0.00000320. The second-order valence-corrected chi connectivity index (χ2v) is 8.52. The number of aryl methyl sites for hydroxylation is 2.